The largest absolute Gasteiger partial charge is 0.493 e. The number of hydrogen-bond acceptors (Lipinski definition) is 12. The number of carboxylic acids is 1. The molecule has 7 aromatic rings. The maximum Gasteiger partial charge on any atom is 0.415 e. The highest BCUT2D eigenvalue weighted by molar-refractivity contribution is 5.76. The Kier molecular flexibility index (Phi) is 16.4. The van der Waals surface area contributed by atoms with E-state index >= 15 is 0 Å². The molecule has 14 heteroatoms. The molecule has 2 fully saturated rings. The third-order valence-corrected chi connectivity index (χ3v) is 12.5. The summed E-state index contributed by atoms with van der Waals surface area (Å²) in [6.07, 6.45) is 3.36. The number of benzene rings is 5. The number of nitrogens with one attached hydrogen (secondary N) is 1. The number of oxazole rings is 2. The van der Waals surface area contributed by atoms with Gasteiger partial charge < -0.3 is 43.1 Å². The summed E-state index contributed by atoms with van der Waals surface area (Å²) in [6.45, 7) is 5.63. The molecule has 2 saturated heterocycles. The lowest BCUT2D eigenvalue weighted by Gasteiger charge is -2.24. The molecule has 2 N–H and O–H groups in total. The van der Waals surface area contributed by atoms with Gasteiger partial charge in [0.2, 0.25) is 11.8 Å². The van der Waals surface area contributed by atoms with Crippen molar-refractivity contribution in [3.8, 4) is 40.2 Å². The Morgan fingerprint density at radius 3 is 1.64 bits per heavy atom. The first-order valence-electron chi connectivity index (χ1n) is 23.6. The fourth-order valence-electron chi connectivity index (χ4n) is 8.74. The highest BCUT2D eigenvalue weighted by atomic mass is 16.6. The monoisotopic (exact) mass is 946 g/mol. The summed E-state index contributed by atoms with van der Waals surface area (Å²) < 4.78 is 33.8. The molecule has 2 aromatic heterocycles. The van der Waals surface area contributed by atoms with Gasteiger partial charge in [0.25, 0.3) is 0 Å². The van der Waals surface area contributed by atoms with Crippen molar-refractivity contribution in [3.05, 3.63) is 174 Å². The van der Waals surface area contributed by atoms with Gasteiger partial charge in [-0.15, -0.1) is 0 Å². The van der Waals surface area contributed by atoms with Crippen LogP contribution >= 0.6 is 0 Å². The van der Waals surface area contributed by atoms with Crippen molar-refractivity contribution in [2.45, 2.75) is 64.5 Å². The smallest absolute Gasteiger partial charge is 0.415 e. The first-order valence-corrected chi connectivity index (χ1v) is 23.6. The Bertz CT molecular complexity index is 2780. The van der Waals surface area contributed by atoms with Crippen LogP contribution in [0.2, 0.25) is 0 Å². The predicted molar refractivity (Wildman–Crippen MR) is 263 cm³/mol. The van der Waals surface area contributed by atoms with Gasteiger partial charge in [-0.25, -0.2) is 14.8 Å². The number of nitrogens with zero attached hydrogens (tertiary/aromatic N) is 3. The molecule has 1 amide bonds. The predicted octanol–water partition coefficient (Wildman–Crippen LogP) is 9.75. The summed E-state index contributed by atoms with van der Waals surface area (Å²) in [5, 5.41) is 13.0. The molecule has 362 valence electrons. The fourth-order valence-corrected chi connectivity index (χ4v) is 8.74. The number of aliphatic carboxylic acids is 1. The van der Waals surface area contributed by atoms with Crippen molar-refractivity contribution in [2.24, 2.45) is 11.8 Å². The van der Waals surface area contributed by atoms with Gasteiger partial charge in [0.1, 0.15) is 28.8 Å². The Hall–Kier alpha value is -7.71. The molecule has 0 unspecified atom stereocenters. The number of carbonyl (C=O) groups excluding carboxylic acids is 2. The number of amides is 1. The number of hydrogen-bond donors (Lipinski definition) is 2. The summed E-state index contributed by atoms with van der Waals surface area (Å²) in [6, 6.07) is 44.3. The van der Waals surface area contributed by atoms with Crippen LogP contribution in [0.1, 0.15) is 46.9 Å². The normalized spacial score (nSPS) is 17.3. The summed E-state index contributed by atoms with van der Waals surface area (Å²) in [7, 11) is 1.44. The molecule has 5 aromatic carbocycles. The molecule has 2 aliphatic rings. The number of para-hydroxylation sites is 1. The average molecular weight is 947 g/mol. The van der Waals surface area contributed by atoms with Crippen LogP contribution in [0.3, 0.4) is 0 Å². The third-order valence-electron chi connectivity index (χ3n) is 12.5. The fraction of sp³-hybridized carbons (Fsp3) is 0.304. The van der Waals surface area contributed by atoms with Gasteiger partial charge in [-0.2, -0.15) is 0 Å². The Morgan fingerprint density at radius 1 is 0.643 bits per heavy atom. The number of carbonyl (C=O) groups is 3. The topological polar surface area (TPSA) is 176 Å². The van der Waals surface area contributed by atoms with E-state index in [1.807, 2.05) is 117 Å². The van der Waals surface area contributed by atoms with E-state index in [1.165, 1.54) is 17.6 Å². The van der Waals surface area contributed by atoms with Crippen molar-refractivity contribution in [2.75, 3.05) is 33.4 Å². The van der Waals surface area contributed by atoms with Gasteiger partial charge in [-0.05, 0) is 111 Å². The van der Waals surface area contributed by atoms with E-state index in [0.717, 1.165) is 63.9 Å². The number of methoxy groups -OCH3 is 1. The van der Waals surface area contributed by atoms with Crippen LogP contribution in [0.4, 0.5) is 4.79 Å². The molecular weight excluding hydrogens is 889 g/mol. The Morgan fingerprint density at radius 2 is 1.14 bits per heavy atom. The summed E-state index contributed by atoms with van der Waals surface area (Å²) in [5.41, 5.74) is 5.89. The standard InChI is InChI=1S/C31H30N2O6.C25H28N2O4/c1-21-28(32-29(38-21)23-8-4-2-5-9-23)16-17-37-26-14-12-22(13-15-26)18-25-19-24(30(34)35)20-33(25)31(36)39-27-10-6-3-7-11-27;1-17-23(27-24(31-17)19-6-4-3-5-7-19)12-13-30-22-10-8-18(9-11-22)14-21-15-20(16-26-21)25(28)29-2/h2-15,24-25H,16-20H2,1H3,(H,34,35);3-11,20-21,26H,12-16H2,1-2H3/t24-,25+;20-,21+/m11/s1. The van der Waals surface area contributed by atoms with Crippen LogP contribution in [0.25, 0.3) is 22.9 Å². The number of carboxylic acid groups (broad SMARTS) is 1. The van der Waals surface area contributed by atoms with Crippen molar-refractivity contribution >= 4 is 18.0 Å². The number of rotatable bonds is 17. The Labute approximate surface area is 407 Å². The molecule has 70 heavy (non-hydrogen) atoms. The molecule has 0 saturated carbocycles. The molecule has 2 aliphatic heterocycles. The highest BCUT2D eigenvalue weighted by Crippen LogP contribution is 2.29. The van der Waals surface area contributed by atoms with E-state index in [0.29, 0.717) is 69.0 Å². The number of aryl methyl sites for hydroxylation is 2. The SMILES string of the molecule is COC(=O)[C@H]1CN[C@@H](Cc2ccc(OCCc3nc(-c4ccccc4)oc3C)cc2)C1.Cc1oc(-c2ccccc2)nc1CCOc1ccc(C[C@H]2C[C@@H](C(=O)O)CN2C(=O)Oc2ccccc2)cc1. The van der Waals surface area contributed by atoms with Crippen LogP contribution < -0.4 is 19.5 Å². The van der Waals surface area contributed by atoms with E-state index in [4.69, 9.17) is 27.8 Å². The highest BCUT2D eigenvalue weighted by Gasteiger charge is 2.40. The van der Waals surface area contributed by atoms with Crippen molar-refractivity contribution in [3.63, 3.8) is 0 Å². The number of ether oxygens (including phenoxy) is 4. The number of aromatic nitrogens is 2. The van der Waals surface area contributed by atoms with Crippen molar-refractivity contribution in [1.29, 1.82) is 0 Å². The van der Waals surface area contributed by atoms with Gasteiger partial charge in [-0.1, -0.05) is 78.9 Å². The molecule has 9 rings (SSSR count). The van der Waals surface area contributed by atoms with Gasteiger partial charge in [-0.3, -0.25) is 9.59 Å². The number of esters is 1. The summed E-state index contributed by atoms with van der Waals surface area (Å²) in [5.74, 6) is 3.14. The second-order valence-electron chi connectivity index (χ2n) is 17.5. The zero-order valence-electron chi connectivity index (χ0n) is 39.6. The maximum atomic E-state index is 12.9. The first-order chi connectivity index (χ1) is 34.1. The first kappa shape index (κ1) is 48.7. The lowest BCUT2D eigenvalue weighted by molar-refractivity contribution is -0.145. The van der Waals surface area contributed by atoms with Crippen LogP contribution in [-0.2, 0) is 40.0 Å². The minimum Gasteiger partial charge on any atom is -0.493 e. The molecule has 0 spiro atoms. The zero-order valence-corrected chi connectivity index (χ0v) is 39.6. The molecule has 4 heterocycles. The molecule has 14 nitrogen and oxygen atoms in total. The van der Waals surface area contributed by atoms with Gasteiger partial charge >= 0.3 is 18.0 Å². The zero-order chi connectivity index (χ0) is 48.8. The molecule has 0 aliphatic carbocycles. The summed E-state index contributed by atoms with van der Waals surface area (Å²) >= 11 is 0. The lowest BCUT2D eigenvalue weighted by Crippen LogP contribution is -2.39. The van der Waals surface area contributed by atoms with Crippen LogP contribution in [-0.4, -0.2) is 83.5 Å². The van der Waals surface area contributed by atoms with Gasteiger partial charge in [0, 0.05) is 49.1 Å². The molecule has 4 atom stereocenters. The molecule has 0 radical (unpaired) electrons. The van der Waals surface area contributed by atoms with E-state index in [9.17, 15) is 19.5 Å². The molecular formula is C56H58N4O10. The average Bonchev–Trinajstić information content (AvgIpc) is 4.20. The van der Waals surface area contributed by atoms with Crippen LogP contribution in [0.5, 0.6) is 17.2 Å². The summed E-state index contributed by atoms with van der Waals surface area (Å²) in [4.78, 5) is 47.0. The number of likely N-dealkylation sites (tertiary alicyclic amines) is 1. The Balaban J connectivity index is 0.000000193. The van der Waals surface area contributed by atoms with Gasteiger partial charge in [0.05, 0.1) is 43.5 Å². The van der Waals surface area contributed by atoms with Crippen molar-refractivity contribution in [1.82, 2.24) is 20.2 Å². The second kappa shape index (κ2) is 23.5. The van der Waals surface area contributed by atoms with E-state index in [-0.39, 0.29) is 24.5 Å². The minimum atomic E-state index is -0.906. The van der Waals surface area contributed by atoms with E-state index in [1.54, 1.807) is 24.3 Å². The van der Waals surface area contributed by atoms with Crippen LogP contribution in [0.15, 0.2) is 148 Å². The van der Waals surface area contributed by atoms with Crippen LogP contribution in [0, 0.1) is 25.7 Å². The van der Waals surface area contributed by atoms with Crippen molar-refractivity contribution < 1.29 is 47.3 Å². The van der Waals surface area contributed by atoms with E-state index < -0.39 is 18.0 Å². The second-order valence-corrected chi connectivity index (χ2v) is 17.5. The van der Waals surface area contributed by atoms with Gasteiger partial charge in [0.15, 0.2) is 0 Å². The third kappa shape index (κ3) is 13.1. The minimum absolute atomic E-state index is 0.0417. The maximum absolute atomic E-state index is 12.9. The molecule has 0 bridgehead atoms. The lowest BCUT2D eigenvalue weighted by atomic mass is 10.00. The van der Waals surface area contributed by atoms with E-state index in [2.05, 4.69) is 27.4 Å². The quantitative estimate of drug-likeness (QED) is 0.0826.